The van der Waals surface area contributed by atoms with Gasteiger partial charge in [0, 0.05) is 0 Å². The lowest BCUT2D eigenvalue weighted by Gasteiger charge is -2.26. The van der Waals surface area contributed by atoms with Crippen LogP contribution in [0.15, 0.2) is 30.5 Å². The molecule has 0 N–H and O–H groups in total. The van der Waals surface area contributed by atoms with Crippen LogP contribution in [0.5, 0.6) is 0 Å². The second kappa shape index (κ2) is 4.10. The van der Waals surface area contributed by atoms with Crippen LogP contribution >= 0.6 is 7.92 Å². The maximum absolute atomic E-state index is 4.71. The summed E-state index contributed by atoms with van der Waals surface area (Å²) in [6.45, 7) is 9.05. The van der Waals surface area contributed by atoms with Crippen molar-refractivity contribution in [2.75, 3.05) is 6.66 Å². The van der Waals surface area contributed by atoms with Crippen LogP contribution in [0.3, 0.4) is 0 Å². The number of aromatic nitrogens is 2. The Morgan fingerprint density at radius 2 is 1.69 bits per heavy atom. The Morgan fingerprint density at radius 1 is 1.06 bits per heavy atom. The van der Waals surface area contributed by atoms with E-state index in [2.05, 4.69) is 32.4 Å². The fourth-order valence-corrected chi connectivity index (χ4v) is 2.63. The molecule has 84 valence electrons. The second-order valence-corrected chi connectivity index (χ2v) is 7.86. The van der Waals surface area contributed by atoms with Crippen molar-refractivity contribution in [3.05, 3.63) is 30.5 Å². The fraction of sp³-hybridized carbons (Fsp3) is 0.385. The summed E-state index contributed by atoms with van der Waals surface area (Å²) >= 11 is 0. The first kappa shape index (κ1) is 11.5. The standard InChI is InChI=1S/C13H17N2P/c1-13(2,3)16(4)12-9-14-10-7-5-6-8-11(10)15-12/h5-9H,1-4H3. The smallest absolute Gasteiger partial charge is 0.0894 e. The summed E-state index contributed by atoms with van der Waals surface area (Å²) < 4.78 is 0. The van der Waals surface area contributed by atoms with E-state index in [0.717, 1.165) is 16.5 Å². The van der Waals surface area contributed by atoms with Crippen molar-refractivity contribution in [2.24, 2.45) is 0 Å². The summed E-state index contributed by atoms with van der Waals surface area (Å²) in [5.41, 5.74) is 3.11. The van der Waals surface area contributed by atoms with Gasteiger partial charge in [-0.25, -0.2) is 4.98 Å². The molecular formula is C13H17N2P. The van der Waals surface area contributed by atoms with Crippen LogP contribution < -0.4 is 5.44 Å². The SMILES string of the molecule is CP(c1cnc2ccccc2n1)C(C)(C)C. The highest BCUT2D eigenvalue weighted by molar-refractivity contribution is 7.66. The van der Waals surface area contributed by atoms with Gasteiger partial charge in [0.15, 0.2) is 0 Å². The summed E-state index contributed by atoms with van der Waals surface area (Å²) in [5.74, 6) is 0. The van der Waals surface area contributed by atoms with Crippen molar-refractivity contribution < 1.29 is 0 Å². The van der Waals surface area contributed by atoms with Gasteiger partial charge in [0.05, 0.1) is 22.7 Å². The molecular weight excluding hydrogens is 215 g/mol. The number of benzene rings is 1. The van der Waals surface area contributed by atoms with Gasteiger partial charge < -0.3 is 0 Å². The zero-order chi connectivity index (χ0) is 11.8. The third-order valence-electron chi connectivity index (χ3n) is 2.79. The van der Waals surface area contributed by atoms with Gasteiger partial charge in [0.25, 0.3) is 0 Å². The number of nitrogens with zero attached hydrogens (tertiary/aromatic N) is 2. The van der Waals surface area contributed by atoms with E-state index in [0.29, 0.717) is 0 Å². The summed E-state index contributed by atoms with van der Waals surface area (Å²) in [4.78, 5) is 9.18. The quantitative estimate of drug-likeness (QED) is 0.706. The van der Waals surface area contributed by atoms with Crippen molar-refractivity contribution in [3.8, 4) is 0 Å². The van der Waals surface area contributed by atoms with Crippen LogP contribution in [0, 0.1) is 0 Å². The summed E-state index contributed by atoms with van der Waals surface area (Å²) in [7, 11) is -0.264. The molecule has 0 saturated heterocycles. The minimum absolute atomic E-state index is 0.264. The Morgan fingerprint density at radius 3 is 2.31 bits per heavy atom. The molecule has 3 heteroatoms. The monoisotopic (exact) mass is 232 g/mol. The van der Waals surface area contributed by atoms with E-state index in [9.17, 15) is 0 Å². The highest BCUT2D eigenvalue weighted by Gasteiger charge is 2.22. The molecule has 16 heavy (non-hydrogen) atoms. The maximum Gasteiger partial charge on any atom is 0.0894 e. The predicted octanol–water partition coefficient (Wildman–Crippen LogP) is 3.17. The molecule has 2 nitrogen and oxygen atoms in total. The molecule has 1 heterocycles. The van der Waals surface area contributed by atoms with Gasteiger partial charge in [-0.3, -0.25) is 4.98 Å². The van der Waals surface area contributed by atoms with Crippen LogP contribution in [-0.2, 0) is 0 Å². The van der Waals surface area contributed by atoms with E-state index in [1.54, 1.807) is 0 Å². The number of rotatable bonds is 1. The van der Waals surface area contributed by atoms with E-state index >= 15 is 0 Å². The van der Waals surface area contributed by atoms with Crippen LogP contribution in [0.25, 0.3) is 11.0 Å². The predicted molar refractivity (Wildman–Crippen MR) is 71.8 cm³/mol. The summed E-state index contributed by atoms with van der Waals surface area (Å²) in [5, 5.41) is 0.284. The van der Waals surface area contributed by atoms with Crippen molar-refractivity contribution in [2.45, 2.75) is 25.9 Å². The second-order valence-electron chi connectivity index (χ2n) is 4.95. The van der Waals surface area contributed by atoms with Gasteiger partial charge in [-0.15, -0.1) is 0 Å². The minimum Gasteiger partial charge on any atom is -0.252 e. The number of para-hydroxylation sites is 2. The molecule has 0 aliphatic carbocycles. The average molecular weight is 232 g/mol. The molecule has 0 bridgehead atoms. The molecule has 0 aliphatic heterocycles. The molecule has 0 fully saturated rings. The van der Waals surface area contributed by atoms with Crippen LogP contribution in [0.2, 0.25) is 0 Å². The van der Waals surface area contributed by atoms with E-state index in [4.69, 9.17) is 4.98 Å². The van der Waals surface area contributed by atoms with Gasteiger partial charge >= 0.3 is 0 Å². The van der Waals surface area contributed by atoms with Gasteiger partial charge in [0.2, 0.25) is 0 Å². The third-order valence-corrected chi connectivity index (χ3v) is 5.70. The molecule has 0 amide bonds. The maximum atomic E-state index is 4.71. The number of fused-ring (bicyclic) bond motifs is 1. The lowest BCUT2D eigenvalue weighted by Crippen LogP contribution is -2.21. The van der Waals surface area contributed by atoms with Crippen molar-refractivity contribution in [1.29, 1.82) is 0 Å². The zero-order valence-electron chi connectivity index (χ0n) is 10.2. The molecule has 0 radical (unpaired) electrons. The summed E-state index contributed by atoms with van der Waals surface area (Å²) in [6, 6.07) is 8.03. The first-order chi connectivity index (χ1) is 7.48. The molecule has 1 atom stereocenters. The average Bonchev–Trinajstić information content (AvgIpc) is 2.26. The zero-order valence-corrected chi connectivity index (χ0v) is 11.1. The first-order valence-corrected chi connectivity index (χ1v) is 7.23. The van der Waals surface area contributed by atoms with Crippen LogP contribution in [0.4, 0.5) is 0 Å². The topological polar surface area (TPSA) is 25.8 Å². The molecule has 2 rings (SSSR count). The fourth-order valence-electron chi connectivity index (χ4n) is 1.45. The Balaban J connectivity index is 2.47. The van der Waals surface area contributed by atoms with E-state index < -0.39 is 0 Å². The normalized spacial score (nSPS) is 14.0. The molecule has 1 aromatic carbocycles. The third kappa shape index (κ3) is 2.22. The van der Waals surface area contributed by atoms with Crippen molar-refractivity contribution in [3.63, 3.8) is 0 Å². The van der Waals surface area contributed by atoms with Crippen molar-refractivity contribution in [1.82, 2.24) is 9.97 Å². The number of hydrogen-bond acceptors (Lipinski definition) is 2. The molecule has 0 saturated carbocycles. The van der Waals surface area contributed by atoms with Gasteiger partial charge in [0.1, 0.15) is 0 Å². The van der Waals surface area contributed by atoms with E-state index in [1.165, 1.54) is 0 Å². The van der Waals surface area contributed by atoms with Crippen molar-refractivity contribution >= 4 is 24.4 Å². The Bertz CT molecular complexity index is 503. The van der Waals surface area contributed by atoms with Gasteiger partial charge in [-0.1, -0.05) is 40.8 Å². The summed E-state index contributed by atoms with van der Waals surface area (Å²) in [6.07, 6.45) is 1.93. The highest BCUT2D eigenvalue weighted by Crippen LogP contribution is 2.43. The van der Waals surface area contributed by atoms with Gasteiger partial charge in [-0.2, -0.15) is 0 Å². The molecule has 0 aliphatic rings. The largest absolute Gasteiger partial charge is 0.252 e. The molecule has 2 aromatic rings. The van der Waals surface area contributed by atoms with E-state index in [1.807, 2.05) is 30.5 Å². The van der Waals surface area contributed by atoms with Crippen LogP contribution in [0.1, 0.15) is 20.8 Å². The highest BCUT2D eigenvalue weighted by atomic mass is 31.1. The Labute approximate surface area is 97.9 Å². The lowest BCUT2D eigenvalue weighted by molar-refractivity contribution is 0.790. The molecule has 1 unspecified atom stereocenters. The number of hydrogen-bond donors (Lipinski definition) is 0. The van der Waals surface area contributed by atoms with E-state index in [-0.39, 0.29) is 13.1 Å². The minimum atomic E-state index is -0.264. The molecule has 0 spiro atoms. The van der Waals surface area contributed by atoms with Crippen LogP contribution in [-0.4, -0.2) is 21.8 Å². The lowest BCUT2D eigenvalue weighted by atomic mass is 10.3. The Hall–Kier alpha value is -1.01. The van der Waals surface area contributed by atoms with Gasteiger partial charge in [-0.05, 0) is 24.0 Å². The Kier molecular flexibility index (Phi) is 2.94. The molecule has 1 aromatic heterocycles. The first-order valence-electron chi connectivity index (χ1n) is 5.44.